The smallest absolute Gasteiger partial charge is 0.254 e. The molecule has 6 heteroatoms. The van der Waals surface area contributed by atoms with E-state index in [1.807, 2.05) is 12.1 Å². The molecule has 0 N–H and O–H groups in total. The fourth-order valence-electron chi connectivity index (χ4n) is 3.63. The van der Waals surface area contributed by atoms with Crippen LogP contribution in [0.15, 0.2) is 36.4 Å². The van der Waals surface area contributed by atoms with Gasteiger partial charge in [-0.1, -0.05) is 17.7 Å². The van der Waals surface area contributed by atoms with Crippen LogP contribution in [0.25, 0.3) is 0 Å². The number of carbonyl (C=O) groups is 2. The molecule has 140 valence electrons. The van der Waals surface area contributed by atoms with Crippen LogP contribution in [0.5, 0.6) is 0 Å². The first-order valence-electron chi connectivity index (χ1n) is 9.10. The Hall–Kier alpha value is -2.40. The maximum atomic E-state index is 14.2. The van der Waals surface area contributed by atoms with Gasteiger partial charge in [0.25, 0.3) is 5.91 Å². The van der Waals surface area contributed by atoms with Crippen LogP contribution in [0.4, 0.5) is 10.1 Å². The molecular weight excluding hydrogens is 367 g/mol. The molecule has 4 nitrogen and oxygen atoms in total. The van der Waals surface area contributed by atoms with Crippen molar-refractivity contribution in [3.63, 3.8) is 0 Å². The summed E-state index contributed by atoms with van der Waals surface area (Å²) in [5.41, 5.74) is 2.78. The first-order valence-corrected chi connectivity index (χ1v) is 9.48. The number of hydrogen-bond donors (Lipinski definition) is 0. The van der Waals surface area contributed by atoms with Gasteiger partial charge >= 0.3 is 0 Å². The Morgan fingerprint density at radius 1 is 1.26 bits per heavy atom. The third kappa shape index (κ3) is 3.44. The van der Waals surface area contributed by atoms with Crippen LogP contribution < -0.4 is 4.90 Å². The third-order valence-electron chi connectivity index (χ3n) is 5.24. The molecule has 0 bridgehead atoms. The number of amides is 2. The number of carbonyl (C=O) groups excluding carboxylic acids is 2. The van der Waals surface area contributed by atoms with Gasteiger partial charge in [-0.05, 0) is 55.2 Å². The molecule has 0 spiro atoms. The van der Waals surface area contributed by atoms with Gasteiger partial charge in [0.15, 0.2) is 0 Å². The molecule has 2 aliphatic rings. The number of hydrogen-bond acceptors (Lipinski definition) is 2. The average molecular weight is 387 g/mol. The summed E-state index contributed by atoms with van der Waals surface area (Å²) < 4.78 is 14.2. The molecule has 0 radical (unpaired) electrons. The number of rotatable bonds is 4. The molecule has 2 amide bonds. The van der Waals surface area contributed by atoms with E-state index >= 15 is 0 Å². The summed E-state index contributed by atoms with van der Waals surface area (Å²) in [5, 5.41) is 0.333. The lowest BCUT2D eigenvalue weighted by molar-refractivity contribution is -0.116. The molecule has 1 saturated carbocycles. The minimum Gasteiger partial charge on any atom is -0.331 e. The highest BCUT2D eigenvalue weighted by atomic mass is 35.5. The Morgan fingerprint density at radius 3 is 2.70 bits per heavy atom. The van der Waals surface area contributed by atoms with Crippen LogP contribution in [0.1, 0.15) is 41.3 Å². The molecule has 0 unspecified atom stereocenters. The molecule has 0 saturated heterocycles. The van der Waals surface area contributed by atoms with Crippen molar-refractivity contribution in [2.75, 3.05) is 11.4 Å². The minimum absolute atomic E-state index is 0.00151. The first-order chi connectivity index (χ1) is 13.0. The maximum absolute atomic E-state index is 14.2. The molecule has 1 heterocycles. The third-order valence-corrected chi connectivity index (χ3v) is 5.59. The molecule has 2 aromatic carbocycles. The van der Waals surface area contributed by atoms with Crippen molar-refractivity contribution in [1.29, 1.82) is 0 Å². The predicted molar refractivity (Wildman–Crippen MR) is 102 cm³/mol. The zero-order valence-electron chi connectivity index (χ0n) is 15.0. The zero-order valence-corrected chi connectivity index (χ0v) is 15.8. The number of nitrogens with zero attached hydrogens (tertiary/aromatic N) is 2. The van der Waals surface area contributed by atoms with E-state index in [1.165, 1.54) is 6.07 Å². The molecule has 1 aliphatic carbocycles. The van der Waals surface area contributed by atoms with Gasteiger partial charge in [-0.25, -0.2) is 4.39 Å². The van der Waals surface area contributed by atoms with Crippen LogP contribution in [-0.2, 0) is 17.8 Å². The number of benzene rings is 2. The van der Waals surface area contributed by atoms with Gasteiger partial charge in [0.2, 0.25) is 5.91 Å². The van der Waals surface area contributed by atoms with E-state index < -0.39 is 5.82 Å². The summed E-state index contributed by atoms with van der Waals surface area (Å²) in [4.78, 5) is 28.3. The second kappa shape index (κ2) is 6.97. The SMILES string of the molecule is CC(=O)N1CCc2cc(C(=O)N(Cc3c(F)cccc3Cl)C3CC3)ccc21. The van der Waals surface area contributed by atoms with E-state index in [0.29, 0.717) is 22.7 Å². The van der Waals surface area contributed by atoms with Crippen LogP contribution in [0.3, 0.4) is 0 Å². The van der Waals surface area contributed by atoms with Gasteiger partial charge in [0.1, 0.15) is 5.82 Å². The molecule has 27 heavy (non-hydrogen) atoms. The highest BCUT2D eigenvalue weighted by molar-refractivity contribution is 6.31. The van der Waals surface area contributed by atoms with Crippen molar-refractivity contribution in [2.24, 2.45) is 0 Å². The summed E-state index contributed by atoms with van der Waals surface area (Å²) in [6.07, 6.45) is 2.57. The van der Waals surface area contributed by atoms with Crippen LogP contribution in [0, 0.1) is 5.82 Å². The molecule has 4 rings (SSSR count). The average Bonchev–Trinajstić information content (AvgIpc) is 3.38. The molecular formula is C21H20ClFN2O2. The van der Waals surface area contributed by atoms with Gasteiger partial charge in [-0.15, -0.1) is 0 Å². The van der Waals surface area contributed by atoms with Gasteiger partial charge in [-0.3, -0.25) is 9.59 Å². The van der Waals surface area contributed by atoms with E-state index in [2.05, 4.69) is 0 Å². The molecule has 1 aliphatic heterocycles. The first kappa shape index (κ1) is 18.0. The largest absolute Gasteiger partial charge is 0.331 e. The van der Waals surface area contributed by atoms with Crippen molar-refractivity contribution in [2.45, 2.75) is 38.8 Å². The maximum Gasteiger partial charge on any atom is 0.254 e. The lowest BCUT2D eigenvalue weighted by Gasteiger charge is -2.24. The quantitative estimate of drug-likeness (QED) is 0.790. The Balaban J connectivity index is 1.61. The highest BCUT2D eigenvalue weighted by Crippen LogP contribution is 2.34. The Labute approximate surface area is 162 Å². The Kier molecular flexibility index (Phi) is 4.64. The van der Waals surface area contributed by atoms with Crippen LogP contribution in [-0.4, -0.2) is 29.3 Å². The highest BCUT2D eigenvalue weighted by Gasteiger charge is 2.34. The molecule has 2 aromatic rings. The van der Waals surface area contributed by atoms with Crippen molar-refractivity contribution < 1.29 is 14.0 Å². The number of halogens is 2. The standard InChI is InChI=1S/C21H20ClFN2O2/c1-13(26)24-10-9-14-11-15(5-8-20(14)24)21(27)25(16-6-7-16)12-17-18(22)3-2-4-19(17)23/h2-5,8,11,16H,6-7,9-10,12H2,1H3. The number of fused-ring (bicyclic) bond motifs is 1. The van der Waals surface area contributed by atoms with E-state index in [9.17, 15) is 14.0 Å². The topological polar surface area (TPSA) is 40.6 Å². The summed E-state index contributed by atoms with van der Waals surface area (Å²) >= 11 is 6.16. The van der Waals surface area contributed by atoms with E-state index in [4.69, 9.17) is 11.6 Å². The second-order valence-corrected chi connectivity index (χ2v) is 7.54. The van der Waals surface area contributed by atoms with E-state index in [1.54, 1.807) is 34.9 Å². The van der Waals surface area contributed by atoms with Crippen molar-refractivity contribution >= 4 is 29.1 Å². The van der Waals surface area contributed by atoms with Crippen molar-refractivity contribution in [3.05, 3.63) is 63.9 Å². The van der Waals surface area contributed by atoms with Crippen molar-refractivity contribution in [1.82, 2.24) is 4.90 Å². The zero-order chi connectivity index (χ0) is 19.1. The summed E-state index contributed by atoms with van der Waals surface area (Å²) in [6.45, 7) is 2.34. The molecule has 1 fully saturated rings. The lowest BCUT2D eigenvalue weighted by atomic mass is 10.1. The van der Waals surface area contributed by atoms with Crippen LogP contribution in [0.2, 0.25) is 5.02 Å². The fourth-order valence-corrected chi connectivity index (χ4v) is 3.86. The van der Waals surface area contributed by atoms with E-state index in [-0.39, 0.29) is 24.4 Å². The summed E-state index contributed by atoms with van der Waals surface area (Å²) in [6, 6.07) is 10.1. The predicted octanol–water partition coefficient (Wildman–Crippen LogP) is 4.19. The van der Waals surface area contributed by atoms with E-state index in [0.717, 1.165) is 30.5 Å². The van der Waals surface area contributed by atoms with Gasteiger partial charge in [-0.2, -0.15) is 0 Å². The summed E-state index contributed by atoms with van der Waals surface area (Å²) in [7, 11) is 0. The van der Waals surface area contributed by atoms with Gasteiger partial charge in [0, 0.05) is 41.3 Å². The van der Waals surface area contributed by atoms with Gasteiger partial charge in [0.05, 0.1) is 6.54 Å². The minimum atomic E-state index is -0.396. The van der Waals surface area contributed by atoms with Gasteiger partial charge < -0.3 is 9.80 Å². The molecule has 0 aromatic heterocycles. The monoisotopic (exact) mass is 386 g/mol. The molecule has 0 atom stereocenters. The fraction of sp³-hybridized carbons (Fsp3) is 0.333. The Bertz CT molecular complexity index is 906. The van der Waals surface area contributed by atoms with Crippen molar-refractivity contribution in [3.8, 4) is 0 Å². The second-order valence-electron chi connectivity index (χ2n) is 7.13. The normalized spacial score (nSPS) is 15.6. The lowest BCUT2D eigenvalue weighted by Crippen LogP contribution is -2.33. The van der Waals surface area contributed by atoms with Crippen LogP contribution >= 0.6 is 11.6 Å². The summed E-state index contributed by atoms with van der Waals surface area (Å²) in [5.74, 6) is -0.519. The Morgan fingerprint density at radius 2 is 2.04 bits per heavy atom. The number of anilines is 1.